The van der Waals surface area contributed by atoms with Gasteiger partial charge < -0.3 is 15.4 Å². The van der Waals surface area contributed by atoms with Gasteiger partial charge in [-0.15, -0.1) is 0 Å². The Morgan fingerprint density at radius 2 is 2.12 bits per heavy atom. The number of ether oxygens (including phenoxy) is 1. The third-order valence-electron chi connectivity index (χ3n) is 3.61. The first-order chi connectivity index (χ1) is 8.18. The van der Waals surface area contributed by atoms with Gasteiger partial charge in [0.2, 0.25) is 0 Å². The molecule has 0 amide bonds. The number of halogens is 1. The number of anilines is 1. The van der Waals surface area contributed by atoms with E-state index in [1.165, 1.54) is 12.1 Å². The van der Waals surface area contributed by atoms with Crippen LogP contribution in [0.4, 0.5) is 10.1 Å². The average molecular weight is 238 g/mol. The molecule has 0 radical (unpaired) electrons. The molecular weight excluding hydrogens is 219 g/mol. The van der Waals surface area contributed by atoms with E-state index in [1.54, 1.807) is 12.1 Å². The number of nitrogens with two attached hydrogens (primary N) is 1. The van der Waals surface area contributed by atoms with Gasteiger partial charge in [-0.2, -0.15) is 0 Å². The molecule has 1 fully saturated rings. The predicted octanol–water partition coefficient (Wildman–Crippen LogP) is 1.77. The van der Waals surface area contributed by atoms with Crippen LogP contribution in [0.1, 0.15) is 12.8 Å². The lowest BCUT2D eigenvalue weighted by atomic mass is 9.90. The highest BCUT2D eigenvalue weighted by Crippen LogP contribution is 2.29. The minimum atomic E-state index is -0.219. The van der Waals surface area contributed by atoms with Gasteiger partial charge in [-0.25, -0.2) is 4.39 Å². The molecule has 0 saturated carbocycles. The van der Waals surface area contributed by atoms with E-state index in [-0.39, 0.29) is 11.4 Å². The van der Waals surface area contributed by atoms with Crippen LogP contribution in [0.15, 0.2) is 24.3 Å². The summed E-state index contributed by atoms with van der Waals surface area (Å²) < 4.78 is 18.4. The molecule has 1 aromatic rings. The highest BCUT2D eigenvalue weighted by molar-refractivity contribution is 5.48. The molecule has 1 heterocycles. The minimum absolute atomic E-state index is 0.157. The molecule has 1 unspecified atom stereocenters. The summed E-state index contributed by atoms with van der Waals surface area (Å²) in [6.07, 6.45) is 2.03. The summed E-state index contributed by atoms with van der Waals surface area (Å²) in [7, 11) is 1.99. The van der Waals surface area contributed by atoms with Crippen molar-refractivity contribution in [1.82, 2.24) is 0 Å². The zero-order valence-corrected chi connectivity index (χ0v) is 10.2. The molecule has 1 atom stereocenters. The quantitative estimate of drug-likeness (QED) is 0.872. The van der Waals surface area contributed by atoms with Crippen molar-refractivity contribution in [3.05, 3.63) is 30.1 Å². The maximum Gasteiger partial charge on any atom is 0.123 e. The lowest BCUT2D eigenvalue weighted by Gasteiger charge is -2.44. The van der Waals surface area contributed by atoms with Crippen molar-refractivity contribution in [2.24, 2.45) is 5.73 Å². The first-order valence-corrected chi connectivity index (χ1v) is 5.95. The highest BCUT2D eigenvalue weighted by Gasteiger charge is 2.35. The van der Waals surface area contributed by atoms with Crippen LogP contribution in [0.2, 0.25) is 0 Å². The third-order valence-corrected chi connectivity index (χ3v) is 3.61. The molecule has 17 heavy (non-hydrogen) atoms. The van der Waals surface area contributed by atoms with Crippen LogP contribution < -0.4 is 10.6 Å². The molecular formula is C13H19FN2O. The summed E-state index contributed by atoms with van der Waals surface area (Å²) in [5.41, 5.74) is 6.73. The van der Waals surface area contributed by atoms with Crippen LogP contribution in [0, 0.1) is 5.82 Å². The maximum absolute atomic E-state index is 12.9. The summed E-state index contributed by atoms with van der Waals surface area (Å²) in [5, 5.41) is 0. The second-order valence-electron chi connectivity index (χ2n) is 4.62. The Morgan fingerprint density at radius 3 is 2.65 bits per heavy atom. The Hall–Kier alpha value is -1.13. The van der Waals surface area contributed by atoms with Crippen LogP contribution in [0.3, 0.4) is 0 Å². The first-order valence-electron chi connectivity index (χ1n) is 5.95. The zero-order valence-electron chi connectivity index (χ0n) is 10.2. The Kier molecular flexibility index (Phi) is 3.64. The van der Waals surface area contributed by atoms with Crippen molar-refractivity contribution >= 4 is 5.69 Å². The van der Waals surface area contributed by atoms with Crippen molar-refractivity contribution in [2.45, 2.75) is 18.4 Å². The zero-order chi connectivity index (χ0) is 12.3. The van der Waals surface area contributed by atoms with Gasteiger partial charge in [0.15, 0.2) is 0 Å². The number of nitrogens with zero attached hydrogens (tertiary/aromatic N) is 1. The van der Waals surface area contributed by atoms with Gasteiger partial charge in [0, 0.05) is 25.9 Å². The SMILES string of the molecule is CN(c1ccc(F)cc1)C1(CN)CCCOC1. The maximum atomic E-state index is 12.9. The topological polar surface area (TPSA) is 38.5 Å². The Bertz CT molecular complexity index is 360. The molecule has 1 aromatic carbocycles. The summed E-state index contributed by atoms with van der Waals surface area (Å²) in [5.74, 6) is -0.219. The van der Waals surface area contributed by atoms with Crippen LogP contribution in [-0.2, 0) is 4.74 Å². The second-order valence-corrected chi connectivity index (χ2v) is 4.62. The van der Waals surface area contributed by atoms with Crippen molar-refractivity contribution < 1.29 is 9.13 Å². The predicted molar refractivity (Wildman–Crippen MR) is 66.6 cm³/mol. The Labute approximate surface area is 101 Å². The Morgan fingerprint density at radius 1 is 1.41 bits per heavy atom. The molecule has 0 bridgehead atoms. The summed E-state index contributed by atoms with van der Waals surface area (Å²) in [6.45, 7) is 1.98. The number of hydrogen-bond donors (Lipinski definition) is 1. The van der Waals surface area contributed by atoms with E-state index in [9.17, 15) is 4.39 Å². The van der Waals surface area contributed by atoms with Crippen LogP contribution in [-0.4, -0.2) is 32.3 Å². The molecule has 1 aliphatic heterocycles. The molecule has 3 nitrogen and oxygen atoms in total. The van der Waals surface area contributed by atoms with E-state index in [0.717, 1.165) is 25.1 Å². The van der Waals surface area contributed by atoms with E-state index in [4.69, 9.17) is 10.5 Å². The lowest BCUT2D eigenvalue weighted by molar-refractivity contribution is 0.0396. The molecule has 0 aliphatic carbocycles. The van der Waals surface area contributed by atoms with Crippen LogP contribution >= 0.6 is 0 Å². The monoisotopic (exact) mass is 238 g/mol. The highest BCUT2D eigenvalue weighted by atomic mass is 19.1. The Balaban J connectivity index is 2.21. The summed E-state index contributed by atoms with van der Waals surface area (Å²) >= 11 is 0. The number of benzene rings is 1. The second kappa shape index (κ2) is 5.02. The largest absolute Gasteiger partial charge is 0.379 e. The van der Waals surface area contributed by atoms with Gasteiger partial charge in [0.05, 0.1) is 12.1 Å². The standard InChI is InChI=1S/C13H19FN2O/c1-16(12-5-3-11(14)4-6-12)13(9-15)7-2-8-17-10-13/h3-6H,2,7-10,15H2,1H3. The van der Waals surface area contributed by atoms with E-state index in [0.29, 0.717) is 13.2 Å². The molecule has 1 saturated heterocycles. The minimum Gasteiger partial charge on any atom is -0.379 e. The summed E-state index contributed by atoms with van der Waals surface area (Å²) in [6, 6.07) is 6.50. The molecule has 1 aliphatic rings. The normalized spacial score (nSPS) is 24.6. The van der Waals surface area contributed by atoms with Crippen molar-refractivity contribution in [2.75, 3.05) is 31.7 Å². The number of likely N-dealkylation sites (N-methyl/N-ethyl adjacent to an activating group) is 1. The van der Waals surface area contributed by atoms with E-state index in [2.05, 4.69) is 4.90 Å². The fourth-order valence-corrected chi connectivity index (χ4v) is 2.34. The molecule has 0 aromatic heterocycles. The van der Waals surface area contributed by atoms with Gasteiger partial charge >= 0.3 is 0 Å². The van der Waals surface area contributed by atoms with E-state index in [1.807, 2.05) is 7.05 Å². The first kappa shape index (κ1) is 12.3. The van der Waals surface area contributed by atoms with Gasteiger partial charge in [0.1, 0.15) is 5.82 Å². The van der Waals surface area contributed by atoms with Gasteiger partial charge in [-0.05, 0) is 37.1 Å². The van der Waals surface area contributed by atoms with Gasteiger partial charge in [-0.3, -0.25) is 0 Å². The van der Waals surface area contributed by atoms with Crippen molar-refractivity contribution in [3.8, 4) is 0 Å². The number of hydrogen-bond acceptors (Lipinski definition) is 3. The molecule has 2 N–H and O–H groups in total. The van der Waals surface area contributed by atoms with E-state index >= 15 is 0 Å². The van der Waals surface area contributed by atoms with Gasteiger partial charge in [-0.1, -0.05) is 0 Å². The number of rotatable bonds is 3. The molecule has 94 valence electrons. The van der Waals surface area contributed by atoms with Crippen molar-refractivity contribution in [1.29, 1.82) is 0 Å². The summed E-state index contributed by atoms with van der Waals surface area (Å²) in [4.78, 5) is 2.12. The molecule has 2 rings (SSSR count). The van der Waals surface area contributed by atoms with Crippen molar-refractivity contribution in [3.63, 3.8) is 0 Å². The van der Waals surface area contributed by atoms with Gasteiger partial charge in [0.25, 0.3) is 0 Å². The smallest absolute Gasteiger partial charge is 0.123 e. The third kappa shape index (κ3) is 2.42. The fourth-order valence-electron chi connectivity index (χ4n) is 2.34. The van der Waals surface area contributed by atoms with E-state index < -0.39 is 0 Å². The van der Waals surface area contributed by atoms with Crippen LogP contribution in [0.25, 0.3) is 0 Å². The lowest BCUT2D eigenvalue weighted by Crippen LogP contribution is -2.57. The average Bonchev–Trinajstić information content (AvgIpc) is 2.39. The molecule has 0 spiro atoms. The van der Waals surface area contributed by atoms with Crippen LogP contribution in [0.5, 0.6) is 0 Å². The molecule has 4 heteroatoms. The fraction of sp³-hybridized carbons (Fsp3) is 0.538.